The molecule has 0 aliphatic carbocycles. The molecule has 1 heterocycles. The Balaban J connectivity index is 2.24. The van der Waals surface area contributed by atoms with Crippen molar-refractivity contribution in [3.05, 3.63) is 18.2 Å². The second kappa shape index (κ2) is 7.71. The molecule has 0 aliphatic rings. The number of ketones is 1. The van der Waals surface area contributed by atoms with Gasteiger partial charge in [-0.25, -0.2) is 4.98 Å². The molecule has 0 aromatic carbocycles. The first-order chi connectivity index (χ1) is 8.99. The Morgan fingerprint density at radius 3 is 2.68 bits per heavy atom. The fraction of sp³-hybridized carbons (Fsp3) is 0.643. The van der Waals surface area contributed by atoms with E-state index in [1.807, 2.05) is 6.92 Å². The zero-order valence-corrected chi connectivity index (χ0v) is 11.6. The highest BCUT2D eigenvalue weighted by Gasteiger charge is 2.17. The number of hydrogen-bond acceptors (Lipinski definition) is 3. The summed E-state index contributed by atoms with van der Waals surface area (Å²) >= 11 is 0. The van der Waals surface area contributed by atoms with Crippen LogP contribution in [0.15, 0.2) is 12.5 Å². The maximum atomic E-state index is 11.9. The zero-order valence-electron chi connectivity index (χ0n) is 11.6. The van der Waals surface area contributed by atoms with Crippen LogP contribution in [0.5, 0.6) is 0 Å². The molecule has 5 nitrogen and oxygen atoms in total. The number of H-pyrrole nitrogens is 1. The number of carboxylic acids is 1. The van der Waals surface area contributed by atoms with E-state index >= 15 is 0 Å². The van der Waals surface area contributed by atoms with Crippen molar-refractivity contribution in [2.24, 2.45) is 11.8 Å². The number of nitrogens with one attached hydrogen (secondary N) is 1. The number of aliphatic carboxylic acids is 1. The molecule has 1 aromatic heterocycles. The molecule has 1 rings (SSSR count). The van der Waals surface area contributed by atoms with Crippen LogP contribution in [-0.4, -0.2) is 26.8 Å². The first-order valence-corrected chi connectivity index (χ1v) is 6.70. The average molecular weight is 266 g/mol. The van der Waals surface area contributed by atoms with Gasteiger partial charge in [-0.3, -0.25) is 9.59 Å². The molecular weight excluding hydrogens is 244 g/mol. The first-order valence-electron chi connectivity index (χ1n) is 6.70. The number of rotatable bonds is 9. The number of carbonyl (C=O) groups is 2. The van der Waals surface area contributed by atoms with Gasteiger partial charge in [0, 0.05) is 30.7 Å². The van der Waals surface area contributed by atoms with Crippen LogP contribution in [0.25, 0.3) is 0 Å². The smallest absolute Gasteiger partial charge is 0.303 e. The van der Waals surface area contributed by atoms with Gasteiger partial charge in [0.1, 0.15) is 5.78 Å². The lowest BCUT2D eigenvalue weighted by Crippen LogP contribution is -2.16. The Morgan fingerprint density at radius 1 is 1.37 bits per heavy atom. The third-order valence-corrected chi connectivity index (χ3v) is 3.35. The SMILES string of the molecule is CC(CCc1cnc[nH]1)CC(=O)C(C)CCC(=O)O. The normalized spacial score (nSPS) is 14.0. The lowest BCUT2D eigenvalue weighted by atomic mass is 9.91. The van der Waals surface area contributed by atoms with Crippen LogP contribution in [0.3, 0.4) is 0 Å². The average Bonchev–Trinajstić information content (AvgIpc) is 2.86. The van der Waals surface area contributed by atoms with E-state index in [0.29, 0.717) is 18.8 Å². The summed E-state index contributed by atoms with van der Waals surface area (Å²) in [5.74, 6) is -0.529. The van der Waals surface area contributed by atoms with Crippen LogP contribution in [0.2, 0.25) is 0 Å². The summed E-state index contributed by atoms with van der Waals surface area (Å²) in [6.07, 6.45) is 6.28. The zero-order chi connectivity index (χ0) is 14.3. The molecule has 106 valence electrons. The summed E-state index contributed by atoms with van der Waals surface area (Å²) < 4.78 is 0. The van der Waals surface area contributed by atoms with Crippen LogP contribution in [-0.2, 0) is 16.0 Å². The first kappa shape index (κ1) is 15.4. The van der Waals surface area contributed by atoms with Gasteiger partial charge in [0.15, 0.2) is 0 Å². The van der Waals surface area contributed by atoms with Crippen molar-refractivity contribution in [2.75, 3.05) is 0 Å². The van der Waals surface area contributed by atoms with E-state index in [9.17, 15) is 9.59 Å². The number of aromatic amines is 1. The van der Waals surface area contributed by atoms with Crippen molar-refractivity contribution in [1.82, 2.24) is 9.97 Å². The maximum absolute atomic E-state index is 11.9. The number of imidazole rings is 1. The molecule has 0 aliphatic heterocycles. The maximum Gasteiger partial charge on any atom is 0.303 e. The molecule has 0 saturated heterocycles. The van der Waals surface area contributed by atoms with Crippen molar-refractivity contribution < 1.29 is 14.7 Å². The van der Waals surface area contributed by atoms with Gasteiger partial charge in [-0.2, -0.15) is 0 Å². The topological polar surface area (TPSA) is 83.0 Å². The number of aromatic nitrogens is 2. The van der Waals surface area contributed by atoms with Gasteiger partial charge in [-0.15, -0.1) is 0 Å². The second-order valence-electron chi connectivity index (χ2n) is 5.22. The Kier molecular flexibility index (Phi) is 6.25. The van der Waals surface area contributed by atoms with E-state index in [1.54, 1.807) is 12.5 Å². The van der Waals surface area contributed by atoms with Crippen LogP contribution < -0.4 is 0 Å². The molecule has 2 N–H and O–H groups in total. The standard InChI is InChI=1S/C14H22N2O3/c1-10(3-5-12-8-15-9-16-12)7-13(17)11(2)4-6-14(18)19/h8-11H,3-7H2,1-2H3,(H,15,16)(H,18,19). The number of hydrogen-bond donors (Lipinski definition) is 2. The monoisotopic (exact) mass is 266 g/mol. The largest absolute Gasteiger partial charge is 0.481 e. The molecule has 5 heteroatoms. The van der Waals surface area contributed by atoms with Crippen molar-refractivity contribution >= 4 is 11.8 Å². The quantitative estimate of drug-likeness (QED) is 0.719. The van der Waals surface area contributed by atoms with E-state index < -0.39 is 5.97 Å². The predicted octanol–water partition coefficient (Wildman–Crippen LogP) is 2.44. The minimum atomic E-state index is -0.841. The van der Waals surface area contributed by atoms with Gasteiger partial charge < -0.3 is 10.1 Å². The molecule has 2 atom stereocenters. The van der Waals surface area contributed by atoms with E-state index in [-0.39, 0.29) is 18.1 Å². The molecule has 2 unspecified atom stereocenters. The lowest BCUT2D eigenvalue weighted by Gasteiger charge is -2.13. The Bertz CT molecular complexity index is 401. The molecule has 1 aromatic rings. The number of aryl methyl sites for hydroxylation is 1. The molecule has 0 spiro atoms. The van der Waals surface area contributed by atoms with Crippen molar-refractivity contribution in [1.29, 1.82) is 0 Å². The van der Waals surface area contributed by atoms with Gasteiger partial charge >= 0.3 is 5.97 Å². The highest BCUT2D eigenvalue weighted by molar-refractivity contribution is 5.81. The van der Waals surface area contributed by atoms with E-state index in [2.05, 4.69) is 16.9 Å². The Labute approximate surface area is 113 Å². The van der Waals surface area contributed by atoms with Gasteiger partial charge in [0.25, 0.3) is 0 Å². The van der Waals surface area contributed by atoms with E-state index in [4.69, 9.17) is 5.11 Å². The highest BCUT2D eigenvalue weighted by Crippen LogP contribution is 2.17. The van der Waals surface area contributed by atoms with Crippen molar-refractivity contribution in [2.45, 2.75) is 46.0 Å². The number of nitrogens with zero attached hydrogens (tertiary/aromatic N) is 1. The number of carboxylic acid groups (broad SMARTS) is 1. The summed E-state index contributed by atoms with van der Waals surface area (Å²) in [5, 5.41) is 8.60. The van der Waals surface area contributed by atoms with Crippen LogP contribution in [0, 0.1) is 11.8 Å². The van der Waals surface area contributed by atoms with Crippen molar-refractivity contribution in [3.63, 3.8) is 0 Å². The summed E-state index contributed by atoms with van der Waals surface area (Å²) in [4.78, 5) is 29.4. The summed E-state index contributed by atoms with van der Waals surface area (Å²) in [7, 11) is 0. The Morgan fingerprint density at radius 2 is 2.11 bits per heavy atom. The van der Waals surface area contributed by atoms with Gasteiger partial charge in [-0.1, -0.05) is 13.8 Å². The fourth-order valence-corrected chi connectivity index (χ4v) is 1.97. The minimum absolute atomic E-state index is 0.0649. The van der Waals surface area contributed by atoms with Crippen LogP contribution in [0.1, 0.15) is 45.2 Å². The lowest BCUT2D eigenvalue weighted by molar-refractivity contribution is -0.137. The van der Waals surface area contributed by atoms with Gasteiger partial charge in [0.05, 0.1) is 6.33 Å². The molecule has 0 bridgehead atoms. The Hall–Kier alpha value is -1.65. The summed E-state index contributed by atoms with van der Waals surface area (Å²) in [5.41, 5.74) is 1.08. The van der Waals surface area contributed by atoms with Crippen molar-refractivity contribution in [3.8, 4) is 0 Å². The van der Waals surface area contributed by atoms with Crippen LogP contribution >= 0.6 is 0 Å². The molecular formula is C14H22N2O3. The summed E-state index contributed by atoms with van der Waals surface area (Å²) in [6, 6.07) is 0. The molecule has 19 heavy (non-hydrogen) atoms. The van der Waals surface area contributed by atoms with Gasteiger partial charge in [-0.05, 0) is 25.2 Å². The fourth-order valence-electron chi connectivity index (χ4n) is 1.97. The number of carbonyl (C=O) groups excluding carboxylic acids is 1. The highest BCUT2D eigenvalue weighted by atomic mass is 16.4. The molecule has 0 amide bonds. The van der Waals surface area contributed by atoms with E-state index in [0.717, 1.165) is 18.5 Å². The third kappa shape index (κ3) is 6.18. The summed E-state index contributed by atoms with van der Waals surface area (Å²) in [6.45, 7) is 3.87. The molecule has 0 saturated carbocycles. The van der Waals surface area contributed by atoms with Crippen LogP contribution in [0.4, 0.5) is 0 Å². The minimum Gasteiger partial charge on any atom is -0.481 e. The predicted molar refractivity (Wildman–Crippen MR) is 71.7 cm³/mol. The molecule has 0 radical (unpaired) electrons. The number of Topliss-reactive ketones (excluding diaryl/α,β-unsaturated/α-hetero) is 1. The van der Waals surface area contributed by atoms with Gasteiger partial charge in [0.2, 0.25) is 0 Å². The third-order valence-electron chi connectivity index (χ3n) is 3.35. The molecule has 0 fully saturated rings. The second-order valence-corrected chi connectivity index (χ2v) is 5.22. The van der Waals surface area contributed by atoms with E-state index in [1.165, 1.54) is 0 Å².